The second-order valence-electron chi connectivity index (χ2n) is 11.6. The number of ether oxygens (including phenoxy) is 1. The van der Waals surface area contributed by atoms with E-state index in [4.69, 9.17) is 27.9 Å². The van der Waals surface area contributed by atoms with Gasteiger partial charge in [0.15, 0.2) is 0 Å². The van der Waals surface area contributed by atoms with E-state index in [0.717, 1.165) is 11.8 Å². The van der Waals surface area contributed by atoms with Crippen molar-refractivity contribution in [1.29, 1.82) is 0 Å². The quantitative estimate of drug-likeness (QED) is 0.213. The first kappa shape index (κ1) is 35.2. The van der Waals surface area contributed by atoms with Gasteiger partial charge in [0, 0.05) is 31.5 Å². The summed E-state index contributed by atoms with van der Waals surface area (Å²) >= 11 is 12.5. The summed E-state index contributed by atoms with van der Waals surface area (Å²) in [6.45, 7) is 8.00. The minimum Gasteiger partial charge on any atom is -0.492 e. The van der Waals surface area contributed by atoms with Gasteiger partial charge in [-0.15, -0.1) is 0 Å². The van der Waals surface area contributed by atoms with Gasteiger partial charge in [0.1, 0.15) is 11.8 Å². The van der Waals surface area contributed by atoms with Crippen molar-refractivity contribution in [3.63, 3.8) is 0 Å². The van der Waals surface area contributed by atoms with Gasteiger partial charge in [-0.25, -0.2) is 8.42 Å². The third-order valence-corrected chi connectivity index (χ3v) is 8.61. The fourth-order valence-corrected chi connectivity index (χ4v) is 6.05. The summed E-state index contributed by atoms with van der Waals surface area (Å²) in [5.41, 5.74) is 1.47. The molecule has 3 rings (SSSR count). The zero-order valence-electron chi connectivity index (χ0n) is 25.8. The molecule has 0 aliphatic heterocycles. The molecular formula is C33H41Cl2N3O5S. The number of sulfonamides is 1. The minimum absolute atomic E-state index is 0.00175. The van der Waals surface area contributed by atoms with Gasteiger partial charge in [-0.2, -0.15) is 0 Å². The van der Waals surface area contributed by atoms with Crippen LogP contribution in [-0.4, -0.2) is 56.1 Å². The zero-order valence-corrected chi connectivity index (χ0v) is 28.2. The van der Waals surface area contributed by atoms with Gasteiger partial charge in [0.05, 0.1) is 28.6 Å². The molecule has 238 valence electrons. The first-order valence-electron chi connectivity index (χ1n) is 14.5. The summed E-state index contributed by atoms with van der Waals surface area (Å²) in [6, 6.07) is 20.7. The van der Waals surface area contributed by atoms with Crippen LogP contribution in [0.15, 0.2) is 72.8 Å². The van der Waals surface area contributed by atoms with Crippen LogP contribution in [-0.2, 0) is 32.6 Å². The summed E-state index contributed by atoms with van der Waals surface area (Å²) in [4.78, 5) is 29.3. The molecule has 1 atom stereocenters. The average Bonchev–Trinajstić information content (AvgIpc) is 2.94. The molecule has 3 aromatic rings. The van der Waals surface area contributed by atoms with E-state index in [0.29, 0.717) is 33.7 Å². The Kier molecular flexibility index (Phi) is 12.5. The normalized spacial score (nSPS) is 12.3. The monoisotopic (exact) mass is 661 g/mol. The van der Waals surface area contributed by atoms with Crippen LogP contribution in [0.25, 0.3) is 0 Å². The predicted octanol–water partition coefficient (Wildman–Crippen LogP) is 6.49. The Hall–Kier alpha value is -3.27. The zero-order chi connectivity index (χ0) is 32.5. The largest absolute Gasteiger partial charge is 0.492 e. The van der Waals surface area contributed by atoms with Crippen LogP contribution in [0.4, 0.5) is 5.69 Å². The molecular weight excluding hydrogens is 621 g/mol. The van der Waals surface area contributed by atoms with Crippen molar-refractivity contribution in [1.82, 2.24) is 10.2 Å². The van der Waals surface area contributed by atoms with Crippen LogP contribution in [0.1, 0.15) is 51.7 Å². The lowest BCUT2D eigenvalue weighted by Crippen LogP contribution is -2.54. The van der Waals surface area contributed by atoms with Gasteiger partial charge in [-0.1, -0.05) is 71.7 Å². The Morgan fingerprint density at radius 1 is 0.932 bits per heavy atom. The van der Waals surface area contributed by atoms with Crippen LogP contribution in [0.5, 0.6) is 5.75 Å². The number of halogens is 2. The van der Waals surface area contributed by atoms with E-state index in [2.05, 4.69) is 5.32 Å². The fraction of sp³-hybridized carbons (Fsp3) is 0.394. The Morgan fingerprint density at radius 2 is 1.59 bits per heavy atom. The van der Waals surface area contributed by atoms with Gasteiger partial charge < -0.3 is 15.0 Å². The lowest BCUT2D eigenvalue weighted by Gasteiger charge is -2.34. The molecule has 0 fully saturated rings. The van der Waals surface area contributed by atoms with Crippen molar-refractivity contribution in [2.75, 3.05) is 23.7 Å². The number of anilines is 1. The van der Waals surface area contributed by atoms with E-state index in [1.54, 1.807) is 47.4 Å². The van der Waals surface area contributed by atoms with E-state index in [-0.39, 0.29) is 44.2 Å². The third kappa shape index (κ3) is 10.4. The first-order chi connectivity index (χ1) is 20.7. The highest BCUT2D eigenvalue weighted by Gasteiger charge is 2.32. The summed E-state index contributed by atoms with van der Waals surface area (Å²) in [5, 5.41) is 3.76. The molecule has 44 heavy (non-hydrogen) atoms. The number of benzene rings is 3. The van der Waals surface area contributed by atoms with Crippen molar-refractivity contribution >= 4 is 50.7 Å². The van der Waals surface area contributed by atoms with Gasteiger partial charge in [0.2, 0.25) is 21.8 Å². The van der Waals surface area contributed by atoms with Crippen molar-refractivity contribution in [3.05, 3.63) is 94.0 Å². The maximum Gasteiger partial charge on any atom is 0.243 e. The number of nitrogens with one attached hydrogen (secondary N) is 1. The third-order valence-electron chi connectivity index (χ3n) is 6.69. The second-order valence-corrected chi connectivity index (χ2v) is 14.3. The van der Waals surface area contributed by atoms with Crippen LogP contribution < -0.4 is 14.4 Å². The topological polar surface area (TPSA) is 96.0 Å². The van der Waals surface area contributed by atoms with Gasteiger partial charge >= 0.3 is 0 Å². The molecule has 1 N–H and O–H groups in total. The van der Waals surface area contributed by atoms with Crippen LogP contribution in [0.2, 0.25) is 10.0 Å². The number of hydrogen-bond acceptors (Lipinski definition) is 5. The first-order valence-corrected chi connectivity index (χ1v) is 17.1. The fourth-order valence-electron chi connectivity index (χ4n) is 4.76. The lowest BCUT2D eigenvalue weighted by atomic mass is 10.00. The number of rotatable bonds is 14. The van der Waals surface area contributed by atoms with Crippen molar-refractivity contribution in [3.8, 4) is 5.75 Å². The maximum absolute atomic E-state index is 14.0. The summed E-state index contributed by atoms with van der Waals surface area (Å²) in [5.74, 6) is -0.152. The van der Waals surface area contributed by atoms with Crippen molar-refractivity contribution in [2.24, 2.45) is 0 Å². The minimum atomic E-state index is -3.69. The van der Waals surface area contributed by atoms with E-state index < -0.39 is 21.6 Å². The molecule has 0 aliphatic rings. The van der Waals surface area contributed by atoms with Gasteiger partial charge in [0.25, 0.3) is 0 Å². The predicted molar refractivity (Wildman–Crippen MR) is 178 cm³/mol. The summed E-state index contributed by atoms with van der Waals surface area (Å²) < 4.78 is 32.6. The molecule has 0 aliphatic carbocycles. The Balaban J connectivity index is 1.94. The summed E-state index contributed by atoms with van der Waals surface area (Å²) in [6.07, 6.45) is 1.62. The smallest absolute Gasteiger partial charge is 0.243 e. The number of carbonyl (C=O) groups is 2. The Labute approximate surface area is 271 Å². The molecule has 0 bridgehead atoms. The van der Waals surface area contributed by atoms with Crippen LogP contribution in [0, 0.1) is 0 Å². The molecule has 0 heterocycles. The van der Waals surface area contributed by atoms with Crippen LogP contribution in [0.3, 0.4) is 0 Å². The second kappa shape index (κ2) is 15.6. The number of para-hydroxylation sites is 2. The highest BCUT2D eigenvalue weighted by Crippen LogP contribution is 2.30. The Bertz CT molecular complexity index is 1530. The van der Waals surface area contributed by atoms with E-state index in [1.807, 2.05) is 58.0 Å². The highest BCUT2D eigenvalue weighted by molar-refractivity contribution is 7.92. The lowest BCUT2D eigenvalue weighted by molar-refractivity contribution is -0.142. The standard InChI is InChI=1S/C33H41Cl2N3O5S/c1-6-43-30-16-11-10-15-28(30)38(44(5,41)42)20-12-17-31(39)37(23-25-18-19-26(34)27(35)21-25)29(32(40)36-33(2,3)4)22-24-13-8-7-9-14-24/h7-11,13-16,18-19,21,29H,6,12,17,20,22-23H2,1-5H3,(H,36,40)/t29-/m1/s1. The number of carbonyl (C=O) groups excluding carboxylic acids is 2. The molecule has 2 amide bonds. The average molecular weight is 663 g/mol. The molecule has 0 spiro atoms. The maximum atomic E-state index is 14.0. The van der Waals surface area contributed by atoms with Crippen LogP contribution >= 0.6 is 23.2 Å². The Morgan fingerprint density at radius 3 is 2.20 bits per heavy atom. The number of nitrogens with zero attached hydrogens (tertiary/aromatic N) is 2. The molecule has 11 heteroatoms. The summed E-state index contributed by atoms with van der Waals surface area (Å²) in [7, 11) is -3.69. The molecule has 0 saturated carbocycles. The van der Waals surface area contributed by atoms with Crippen molar-refractivity contribution < 1.29 is 22.7 Å². The molecule has 8 nitrogen and oxygen atoms in total. The molecule has 3 aromatic carbocycles. The number of hydrogen-bond donors (Lipinski definition) is 1. The van der Waals surface area contributed by atoms with E-state index in [9.17, 15) is 18.0 Å². The van der Waals surface area contributed by atoms with Crippen molar-refractivity contribution in [2.45, 2.75) is 65.1 Å². The molecule has 0 unspecified atom stereocenters. The molecule has 0 radical (unpaired) electrons. The number of amides is 2. The van der Waals surface area contributed by atoms with Gasteiger partial charge in [-0.05, 0) is 69.5 Å². The van der Waals surface area contributed by atoms with Gasteiger partial charge in [-0.3, -0.25) is 13.9 Å². The van der Waals surface area contributed by atoms with E-state index in [1.165, 1.54) is 4.31 Å². The molecule has 0 saturated heterocycles. The highest BCUT2D eigenvalue weighted by atomic mass is 35.5. The SMILES string of the molecule is CCOc1ccccc1N(CCCC(=O)N(Cc1ccc(Cl)c(Cl)c1)[C@H](Cc1ccccc1)C(=O)NC(C)(C)C)S(C)(=O)=O. The molecule has 0 aromatic heterocycles. The van der Waals surface area contributed by atoms with E-state index >= 15 is 0 Å².